The zero-order valence-corrected chi connectivity index (χ0v) is 65.6. The van der Waals surface area contributed by atoms with E-state index >= 15 is 0 Å². The second-order valence-corrected chi connectivity index (χ2v) is 33.9. The van der Waals surface area contributed by atoms with Crippen molar-refractivity contribution in [3.8, 4) is 0 Å². The number of thioether (sulfide) groups is 2. The molecule has 0 spiro atoms. The quantitative estimate of drug-likeness (QED) is 0.0586. The summed E-state index contributed by atoms with van der Waals surface area (Å²) in [5.74, 6) is 4.78. The molecular formula is C72H115F2N11O9S3. The Kier molecular flexibility index (Phi) is 36.9. The molecule has 1 saturated heterocycles. The van der Waals surface area contributed by atoms with Crippen molar-refractivity contribution in [1.82, 2.24) is 40.8 Å². The fourth-order valence-electron chi connectivity index (χ4n) is 6.51. The Labute approximate surface area is 592 Å². The lowest BCUT2D eigenvalue weighted by molar-refractivity contribution is -0.122. The number of ether oxygens (including phenoxy) is 5. The van der Waals surface area contributed by atoms with Crippen LogP contribution in [-0.4, -0.2) is 119 Å². The minimum Gasteiger partial charge on any atom is -0.374 e. The van der Waals surface area contributed by atoms with Gasteiger partial charge >= 0.3 is 0 Å². The van der Waals surface area contributed by atoms with Crippen LogP contribution in [0.4, 0.5) is 8.78 Å². The second-order valence-electron chi connectivity index (χ2n) is 30.7. The number of aromatic amines is 1. The molecule has 1 fully saturated rings. The number of benzene rings is 2. The van der Waals surface area contributed by atoms with E-state index in [-0.39, 0.29) is 67.0 Å². The van der Waals surface area contributed by atoms with Crippen LogP contribution in [0, 0.1) is 37.8 Å². The number of amidine groups is 3. The molecule has 0 amide bonds. The number of carbonyl (C=O) groups excluding carboxylic acids is 2. The fraction of sp³-hybridized carbons (Fsp3) is 0.597. The minimum atomic E-state index is -0.468. The summed E-state index contributed by atoms with van der Waals surface area (Å²) in [6.07, 6.45) is 3.35. The first-order valence-corrected chi connectivity index (χ1v) is 34.7. The van der Waals surface area contributed by atoms with Gasteiger partial charge in [0.1, 0.15) is 66.9 Å². The van der Waals surface area contributed by atoms with Crippen LogP contribution in [0.1, 0.15) is 207 Å². The summed E-state index contributed by atoms with van der Waals surface area (Å²) in [4.78, 5) is 57.4. The van der Waals surface area contributed by atoms with Gasteiger partial charge in [0.05, 0.1) is 46.3 Å². The summed E-state index contributed by atoms with van der Waals surface area (Å²) >= 11 is 4.48. The Morgan fingerprint density at radius 1 is 0.608 bits per heavy atom. The van der Waals surface area contributed by atoms with Gasteiger partial charge < -0.3 is 38.1 Å². The number of ketones is 1. The van der Waals surface area contributed by atoms with Gasteiger partial charge in [-0.05, 0) is 184 Å². The maximum atomic E-state index is 13.1. The molecule has 2 aromatic carbocycles. The average Bonchev–Trinajstić information content (AvgIpc) is 1.43. The molecule has 1 unspecified atom stereocenters. The van der Waals surface area contributed by atoms with Crippen LogP contribution in [0.15, 0.2) is 111 Å². The van der Waals surface area contributed by atoms with E-state index in [1.807, 2.05) is 156 Å². The highest BCUT2D eigenvalue weighted by molar-refractivity contribution is 8.15. The SMILES string of the molecule is C=C1N=C(COC(C)(C)C)NO1.C=C1N=C(COC(C)(C)C)NO1.C=C1N=C(COC(C)(C)C)NS1.CC(C)(C)OCC1SC(=O)CC1=O.CC(C)(C)OCc1ncn[nH]1.Cc1c(F)cc(C(C)(C)C)cc1F.Cc1ccccc1SCC(C)(C)C.Cc1nccc(C(C)(C)C)n1. The van der Waals surface area contributed by atoms with E-state index in [4.69, 9.17) is 33.4 Å². The highest BCUT2D eigenvalue weighted by atomic mass is 32.2. The number of aliphatic imine (C=N–C) groups is 3. The number of nitrogens with zero attached hydrogens (tertiary/aromatic N) is 7. The van der Waals surface area contributed by atoms with Crippen LogP contribution in [0.5, 0.6) is 0 Å². The first-order chi connectivity index (χ1) is 44.2. The van der Waals surface area contributed by atoms with Crippen molar-refractivity contribution in [2.75, 3.05) is 32.2 Å². The van der Waals surface area contributed by atoms with Gasteiger partial charge in [0.15, 0.2) is 22.6 Å². The highest BCUT2D eigenvalue weighted by Crippen LogP contribution is 2.30. The predicted octanol–water partition coefficient (Wildman–Crippen LogP) is 16.6. The zero-order valence-electron chi connectivity index (χ0n) is 63.1. The second kappa shape index (κ2) is 40.3. The molecule has 4 aliphatic heterocycles. The van der Waals surface area contributed by atoms with Gasteiger partial charge in [-0.25, -0.2) is 39.7 Å². The van der Waals surface area contributed by atoms with Gasteiger partial charge in [-0.15, -0.1) is 11.8 Å². The number of hydrogen-bond donors (Lipinski definition) is 4. The molecule has 1 atom stereocenters. The van der Waals surface area contributed by atoms with Crippen molar-refractivity contribution in [2.24, 2.45) is 20.4 Å². The van der Waals surface area contributed by atoms with E-state index in [1.165, 1.54) is 53.5 Å². The number of H-pyrrole nitrogens is 1. The van der Waals surface area contributed by atoms with Crippen LogP contribution in [0.3, 0.4) is 0 Å². The average molecular weight is 1410 g/mol. The van der Waals surface area contributed by atoms with Gasteiger partial charge in [-0.2, -0.15) is 15.1 Å². The molecule has 4 N–H and O–H groups in total. The molecule has 4 aliphatic rings. The molecule has 544 valence electrons. The first-order valence-electron chi connectivity index (χ1n) is 32.0. The maximum Gasteiger partial charge on any atom is 0.240 e. The smallest absolute Gasteiger partial charge is 0.240 e. The molecule has 4 aromatic rings. The van der Waals surface area contributed by atoms with Gasteiger partial charge in [-0.1, -0.05) is 98.9 Å². The number of aryl methyl sites for hydroxylation is 2. The van der Waals surface area contributed by atoms with Crippen molar-refractivity contribution < 1.29 is 51.7 Å². The lowest BCUT2D eigenvalue weighted by Gasteiger charge is -2.20. The van der Waals surface area contributed by atoms with Crippen LogP contribution in [0.25, 0.3) is 0 Å². The molecule has 20 nitrogen and oxygen atoms in total. The summed E-state index contributed by atoms with van der Waals surface area (Å²) in [5, 5.41) is 6.92. The number of carbonyl (C=O) groups is 2. The summed E-state index contributed by atoms with van der Waals surface area (Å²) in [5.41, 5.74) is 8.01. The molecule has 2 aromatic heterocycles. The number of nitrogens with one attached hydrogen (secondary N) is 4. The Morgan fingerprint density at radius 2 is 1.08 bits per heavy atom. The molecule has 8 rings (SSSR count). The third kappa shape index (κ3) is 44.6. The van der Waals surface area contributed by atoms with Crippen LogP contribution in [-0.2, 0) is 60.4 Å². The van der Waals surface area contributed by atoms with E-state index in [0.29, 0.717) is 67.5 Å². The normalized spacial score (nSPS) is 15.4. The summed E-state index contributed by atoms with van der Waals surface area (Å²) in [6.45, 7) is 67.3. The Balaban J connectivity index is 0.000000555. The van der Waals surface area contributed by atoms with Crippen LogP contribution >= 0.6 is 35.5 Å². The lowest BCUT2D eigenvalue weighted by Crippen LogP contribution is -2.28. The standard InChI is InChI=1S/C12H18S.C11H14F2.C9H14N2.C9H14O3S.2C8H14N2O2.C8H14N2OS.C7H13N3O/c1-10-7-5-6-8-11(10)13-9-12(2,3)4;1-7-9(12)5-8(6-10(7)13)11(2,3)4;1-7-10-6-5-8(11-7)9(2,3)4;1-9(2,3)12-5-7-6(10)4-8(11)13-7;3*1-6-9-7(10-12-6)5-11-8(2,3)4;1-7(2,3)11-4-6-8-5-9-10-6/h5-8H,9H2,1-4H3;5-6H,1-4H3;5-6H,1-4H3;7H,4-5H2,1-3H3;3*1,5H2,2-4H3,(H,9,10);5H,4H2,1-3H3,(H,8,9,10). The Bertz CT molecular complexity index is 3080. The van der Waals surface area contributed by atoms with Crippen LogP contribution in [0.2, 0.25) is 0 Å². The van der Waals surface area contributed by atoms with Crippen molar-refractivity contribution in [2.45, 2.75) is 249 Å². The van der Waals surface area contributed by atoms with Gasteiger partial charge in [-0.3, -0.25) is 14.7 Å². The third-order valence-electron chi connectivity index (χ3n) is 11.7. The van der Waals surface area contributed by atoms with Gasteiger partial charge in [0, 0.05) is 45.5 Å². The van der Waals surface area contributed by atoms with E-state index in [9.17, 15) is 18.4 Å². The predicted molar refractivity (Wildman–Crippen MR) is 395 cm³/mol. The summed E-state index contributed by atoms with van der Waals surface area (Å²) < 4.78 is 56.6. The summed E-state index contributed by atoms with van der Waals surface area (Å²) in [6, 6.07) is 13.3. The Hall–Kier alpha value is -6.06. The lowest BCUT2D eigenvalue weighted by atomic mass is 9.86. The molecule has 0 bridgehead atoms. The third-order valence-corrected chi connectivity index (χ3v) is 15.3. The van der Waals surface area contributed by atoms with E-state index < -0.39 is 11.6 Å². The van der Waals surface area contributed by atoms with E-state index in [2.05, 4.69) is 148 Å². The highest BCUT2D eigenvalue weighted by Gasteiger charge is 2.33. The van der Waals surface area contributed by atoms with Gasteiger partial charge in [0.25, 0.3) is 0 Å². The minimum absolute atomic E-state index is 0.000694. The number of aromatic nitrogens is 5. The van der Waals surface area contributed by atoms with Crippen molar-refractivity contribution in [3.05, 3.63) is 137 Å². The largest absolute Gasteiger partial charge is 0.374 e. The monoisotopic (exact) mass is 1410 g/mol. The number of hydroxylamine groups is 2. The fourth-order valence-corrected chi connectivity index (χ4v) is 8.96. The maximum absolute atomic E-state index is 13.1. The first kappa shape index (κ1) is 89.0. The van der Waals surface area contributed by atoms with Gasteiger partial charge in [0.2, 0.25) is 11.8 Å². The van der Waals surface area contributed by atoms with Crippen molar-refractivity contribution in [3.63, 3.8) is 0 Å². The van der Waals surface area contributed by atoms with E-state index in [1.54, 1.807) is 0 Å². The van der Waals surface area contributed by atoms with Crippen molar-refractivity contribution in [1.29, 1.82) is 0 Å². The van der Waals surface area contributed by atoms with Crippen molar-refractivity contribution >= 4 is 63.9 Å². The molecule has 25 heteroatoms. The zero-order chi connectivity index (χ0) is 74.6. The molecule has 0 saturated carbocycles. The van der Waals surface area contributed by atoms with E-state index in [0.717, 1.165) is 40.0 Å². The number of hydrogen-bond acceptors (Lipinski definition) is 22. The number of halogens is 2. The molecule has 0 radical (unpaired) electrons. The number of rotatable bonds is 12. The summed E-state index contributed by atoms with van der Waals surface area (Å²) in [7, 11) is 0. The van der Waals surface area contributed by atoms with Crippen LogP contribution < -0.4 is 15.7 Å². The molecular weight excluding hydrogens is 1300 g/mol. The topological polar surface area (TPSA) is 239 Å². The molecule has 6 heterocycles. The molecule has 0 aliphatic carbocycles. The molecule has 97 heavy (non-hydrogen) atoms. The Morgan fingerprint density at radius 3 is 1.43 bits per heavy atom. The number of Topliss-reactive ketones (excluding diaryl/α,β-unsaturated/α-hetero) is 1.